The third-order valence-corrected chi connectivity index (χ3v) is 0.452. The van der Waals surface area contributed by atoms with E-state index in [2.05, 4.69) is 11.7 Å². The highest BCUT2D eigenvalue weighted by molar-refractivity contribution is 5.66. The molecule has 0 saturated heterocycles. The number of esters is 1. The number of hydrogen-bond donors (Lipinski definition) is 0. The standard InChI is InChI=1S/C5H6NO2/c1-4(3-6)8-5(2)7/h4H,1H2,2H3. The summed E-state index contributed by atoms with van der Waals surface area (Å²) in [6.07, 6.45) is -0.868. The second-order valence-corrected chi connectivity index (χ2v) is 1.23. The topological polar surface area (TPSA) is 50.1 Å². The van der Waals surface area contributed by atoms with Crippen LogP contribution in [0.15, 0.2) is 0 Å². The monoisotopic (exact) mass is 112 g/mol. The first-order valence-corrected chi connectivity index (χ1v) is 2.06. The fraction of sp³-hybridized carbons (Fsp3) is 0.400. The summed E-state index contributed by atoms with van der Waals surface area (Å²) in [5, 5.41) is 7.99. The molecule has 0 aliphatic rings. The van der Waals surface area contributed by atoms with E-state index in [9.17, 15) is 4.79 Å². The molecule has 0 aliphatic carbocycles. The van der Waals surface area contributed by atoms with Crippen LogP contribution < -0.4 is 0 Å². The third-order valence-electron chi connectivity index (χ3n) is 0.452. The highest BCUT2D eigenvalue weighted by atomic mass is 16.5. The first-order chi connectivity index (χ1) is 3.66. The van der Waals surface area contributed by atoms with E-state index < -0.39 is 12.1 Å². The largest absolute Gasteiger partial charge is 0.447 e. The predicted molar refractivity (Wildman–Crippen MR) is 26.5 cm³/mol. The van der Waals surface area contributed by atoms with Gasteiger partial charge in [-0.05, 0) is 0 Å². The Labute approximate surface area is 47.9 Å². The van der Waals surface area contributed by atoms with E-state index >= 15 is 0 Å². The van der Waals surface area contributed by atoms with E-state index in [1.165, 1.54) is 6.92 Å². The minimum absolute atomic E-state index is 0.480. The Bertz CT molecular complexity index is 125. The molecule has 43 valence electrons. The van der Waals surface area contributed by atoms with Crippen molar-refractivity contribution in [3.05, 3.63) is 6.92 Å². The van der Waals surface area contributed by atoms with Crippen LogP contribution in [0.25, 0.3) is 0 Å². The van der Waals surface area contributed by atoms with Gasteiger partial charge in [-0.3, -0.25) is 4.79 Å². The molecule has 0 bridgehead atoms. The van der Waals surface area contributed by atoms with E-state index in [0.29, 0.717) is 0 Å². The Morgan fingerprint density at radius 2 is 2.50 bits per heavy atom. The Morgan fingerprint density at radius 1 is 2.00 bits per heavy atom. The Balaban J connectivity index is 3.43. The van der Waals surface area contributed by atoms with E-state index in [4.69, 9.17) is 5.26 Å². The lowest BCUT2D eigenvalue weighted by molar-refractivity contribution is -0.142. The molecular weight excluding hydrogens is 106 g/mol. The SMILES string of the molecule is [CH2]C(C#N)OC(C)=O. The quantitative estimate of drug-likeness (QED) is 0.457. The number of ether oxygens (including phenoxy) is 1. The molecule has 0 amide bonds. The molecule has 0 aromatic carbocycles. The van der Waals surface area contributed by atoms with E-state index in [1.54, 1.807) is 6.07 Å². The second-order valence-electron chi connectivity index (χ2n) is 1.23. The summed E-state index contributed by atoms with van der Waals surface area (Å²) in [6.45, 7) is 4.42. The third kappa shape index (κ3) is 3.16. The first kappa shape index (κ1) is 6.96. The van der Waals surface area contributed by atoms with E-state index in [1.807, 2.05) is 0 Å². The summed E-state index contributed by atoms with van der Waals surface area (Å²) < 4.78 is 4.29. The van der Waals surface area contributed by atoms with Crippen molar-refractivity contribution in [2.45, 2.75) is 13.0 Å². The molecule has 0 heterocycles. The molecule has 0 fully saturated rings. The van der Waals surface area contributed by atoms with Crippen LogP contribution in [0.5, 0.6) is 0 Å². The lowest BCUT2D eigenvalue weighted by Gasteiger charge is -1.98. The van der Waals surface area contributed by atoms with Crippen molar-refractivity contribution in [2.75, 3.05) is 0 Å². The van der Waals surface area contributed by atoms with Crippen LogP contribution in [0, 0.1) is 18.3 Å². The van der Waals surface area contributed by atoms with Crippen LogP contribution in [0.2, 0.25) is 0 Å². The Morgan fingerprint density at radius 3 is 2.62 bits per heavy atom. The minimum atomic E-state index is -0.868. The molecule has 1 unspecified atom stereocenters. The van der Waals surface area contributed by atoms with Crippen LogP contribution >= 0.6 is 0 Å². The highest BCUT2D eigenvalue weighted by Crippen LogP contribution is 1.85. The lowest BCUT2D eigenvalue weighted by atomic mass is 10.5. The summed E-state index contributed by atoms with van der Waals surface area (Å²) in [4.78, 5) is 10.00. The van der Waals surface area contributed by atoms with Gasteiger partial charge < -0.3 is 4.74 Å². The predicted octanol–water partition coefficient (Wildman–Crippen LogP) is 0.276. The number of hydrogen-bond acceptors (Lipinski definition) is 3. The van der Waals surface area contributed by atoms with Crippen molar-refractivity contribution in [3.8, 4) is 6.07 Å². The molecule has 0 aliphatic heterocycles. The van der Waals surface area contributed by atoms with Gasteiger partial charge in [0.2, 0.25) is 0 Å². The molecule has 0 aromatic rings. The van der Waals surface area contributed by atoms with Gasteiger partial charge in [0.1, 0.15) is 6.07 Å². The van der Waals surface area contributed by atoms with Gasteiger partial charge in [-0.1, -0.05) is 0 Å². The minimum Gasteiger partial charge on any atom is -0.447 e. The van der Waals surface area contributed by atoms with Crippen molar-refractivity contribution >= 4 is 5.97 Å². The average molecular weight is 112 g/mol. The first-order valence-electron chi connectivity index (χ1n) is 2.06. The van der Waals surface area contributed by atoms with Crippen LogP contribution in [0.1, 0.15) is 6.92 Å². The molecule has 1 atom stereocenters. The highest BCUT2D eigenvalue weighted by Gasteiger charge is 1.99. The summed E-state index contributed by atoms with van der Waals surface area (Å²) in [6, 6.07) is 1.64. The fourth-order valence-electron chi connectivity index (χ4n) is 0.227. The summed E-state index contributed by atoms with van der Waals surface area (Å²) in [7, 11) is 0. The second kappa shape index (κ2) is 3.03. The average Bonchev–Trinajstić information content (AvgIpc) is 1.65. The molecular formula is C5H6NO2. The number of carbonyl (C=O) groups is 1. The van der Waals surface area contributed by atoms with Crippen molar-refractivity contribution in [2.24, 2.45) is 0 Å². The van der Waals surface area contributed by atoms with Gasteiger partial charge in [0.05, 0.1) is 0 Å². The van der Waals surface area contributed by atoms with Gasteiger partial charge in [-0.15, -0.1) is 0 Å². The van der Waals surface area contributed by atoms with E-state index in [-0.39, 0.29) is 0 Å². The van der Waals surface area contributed by atoms with E-state index in [0.717, 1.165) is 0 Å². The summed E-state index contributed by atoms with van der Waals surface area (Å²) in [5.41, 5.74) is 0. The molecule has 3 heteroatoms. The number of carbonyl (C=O) groups excluding carboxylic acids is 1. The normalized spacial score (nSPS) is 11.6. The number of rotatable bonds is 1. The van der Waals surface area contributed by atoms with Crippen molar-refractivity contribution in [1.82, 2.24) is 0 Å². The molecule has 1 radical (unpaired) electrons. The van der Waals surface area contributed by atoms with Gasteiger partial charge in [0, 0.05) is 13.8 Å². The summed E-state index contributed by atoms with van der Waals surface area (Å²) in [5.74, 6) is -0.480. The maximum absolute atomic E-state index is 10.00. The van der Waals surface area contributed by atoms with Crippen LogP contribution in [0.4, 0.5) is 0 Å². The molecule has 0 N–H and O–H groups in total. The molecule has 0 saturated carbocycles. The Kier molecular flexibility index (Phi) is 2.63. The maximum Gasteiger partial charge on any atom is 0.303 e. The maximum atomic E-state index is 10.00. The van der Waals surface area contributed by atoms with Gasteiger partial charge in [0.25, 0.3) is 0 Å². The number of nitrogens with zero attached hydrogens (tertiary/aromatic N) is 1. The van der Waals surface area contributed by atoms with Gasteiger partial charge in [0.15, 0.2) is 6.10 Å². The van der Waals surface area contributed by atoms with Crippen LogP contribution in [-0.2, 0) is 9.53 Å². The van der Waals surface area contributed by atoms with Crippen molar-refractivity contribution in [3.63, 3.8) is 0 Å². The van der Waals surface area contributed by atoms with Crippen molar-refractivity contribution in [1.29, 1.82) is 5.26 Å². The fourth-order valence-corrected chi connectivity index (χ4v) is 0.227. The zero-order chi connectivity index (χ0) is 6.57. The molecule has 8 heavy (non-hydrogen) atoms. The lowest BCUT2D eigenvalue weighted by Crippen LogP contribution is -2.09. The van der Waals surface area contributed by atoms with Gasteiger partial charge in [-0.2, -0.15) is 5.26 Å². The number of nitriles is 1. The van der Waals surface area contributed by atoms with Gasteiger partial charge in [-0.25, -0.2) is 0 Å². The molecule has 0 rings (SSSR count). The van der Waals surface area contributed by atoms with Crippen molar-refractivity contribution < 1.29 is 9.53 Å². The zero-order valence-corrected chi connectivity index (χ0v) is 4.55. The molecule has 0 aromatic heterocycles. The Hall–Kier alpha value is -1.04. The van der Waals surface area contributed by atoms with Gasteiger partial charge >= 0.3 is 5.97 Å². The summed E-state index contributed by atoms with van der Waals surface area (Å²) >= 11 is 0. The molecule has 3 nitrogen and oxygen atoms in total. The van der Waals surface area contributed by atoms with Crippen LogP contribution in [-0.4, -0.2) is 12.1 Å². The zero-order valence-electron chi connectivity index (χ0n) is 4.55. The smallest absolute Gasteiger partial charge is 0.303 e. The molecule has 0 spiro atoms. The van der Waals surface area contributed by atoms with Crippen LogP contribution in [0.3, 0.4) is 0 Å².